The van der Waals surface area contributed by atoms with Gasteiger partial charge in [0.05, 0.1) is 0 Å². The predicted molar refractivity (Wildman–Crippen MR) is 74.7 cm³/mol. The quantitative estimate of drug-likeness (QED) is 0.858. The first-order valence-electron chi connectivity index (χ1n) is 6.84. The zero-order valence-electron chi connectivity index (χ0n) is 11.1. The third-order valence-corrected chi connectivity index (χ3v) is 3.67. The number of nitrogens with zero attached hydrogens (tertiary/aromatic N) is 1. The fraction of sp³-hybridized carbons (Fsp3) is 0.600. The molecule has 1 fully saturated rings. The Morgan fingerprint density at radius 1 is 1.29 bits per heavy atom. The van der Waals surface area contributed by atoms with Crippen molar-refractivity contribution in [3.05, 3.63) is 29.8 Å². The van der Waals surface area contributed by atoms with Crippen molar-refractivity contribution < 1.29 is 0 Å². The van der Waals surface area contributed by atoms with Crippen LogP contribution in [0.2, 0.25) is 0 Å². The molecule has 0 radical (unpaired) electrons. The van der Waals surface area contributed by atoms with Crippen molar-refractivity contribution in [3.63, 3.8) is 0 Å². The maximum Gasteiger partial charge on any atom is 0.0366 e. The second-order valence-electron chi connectivity index (χ2n) is 4.99. The van der Waals surface area contributed by atoms with Crippen LogP contribution in [0.3, 0.4) is 0 Å². The molecule has 94 valence electrons. The van der Waals surface area contributed by atoms with Gasteiger partial charge < -0.3 is 10.2 Å². The Labute approximate surface area is 105 Å². The molecule has 1 saturated heterocycles. The number of aryl methyl sites for hydroxylation is 1. The van der Waals surface area contributed by atoms with Crippen molar-refractivity contribution in [1.82, 2.24) is 5.32 Å². The molecule has 0 bridgehead atoms. The van der Waals surface area contributed by atoms with Crippen LogP contribution in [-0.4, -0.2) is 26.2 Å². The molecule has 1 aliphatic heterocycles. The summed E-state index contributed by atoms with van der Waals surface area (Å²) in [5, 5.41) is 3.39. The Morgan fingerprint density at radius 3 is 2.71 bits per heavy atom. The summed E-state index contributed by atoms with van der Waals surface area (Å²) in [4.78, 5) is 2.50. The molecule has 0 saturated carbocycles. The van der Waals surface area contributed by atoms with Crippen molar-refractivity contribution in [2.45, 2.75) is 38.6 Å². The number of anilines is 1. The molecular formula is C15H24N2. The lowest BCUT2D eigenvalue weighted by molar-refractivity contribution is 0.449. The minimum absolute atomic E-state index is 0.652. The van der Waals surface area contributed by atoms with Gasteiger partial charge in [0.15, 0.2) is 0 Å². The maximum absolute atomic E-state index is 3.39. The molecule has 0 spiro atoms. The molecule has 2 heteroatoms. The predicted octanol–water partition coefficient (Wildman–Crippen LogP) is 2.83. The Morgan fingerprint density at radius 2 is 2.06 bits per heavy atom. The average molecular weight is 232 g/mol. The van der Waals surface area contributed by atoms with E-state index < -0.39 is 0 Å². The maximum atomic E-state index is 3.39. The van der Waals surface area contributed by atoms with E-state index in [1.165, 1.54) is 43.5 Å². The summed E-state index contributed by atoms with van der Waals surface area (Å²) in [5.74, 6) is 0. The van der Waals surface area contributed by atoms with Crippen LogP contribution in [0.25, 0.3) is 0 Å². The highest BCUT2D eigenvalue weighted by Crippen LogP contribution is 2.20. The first-order chi connectivity index (χ1) is 8.33. The van der Waals surface area contributed by atoms with Gasteiger partial charge in [0.2, 0.25) is 0 Å². The minimum atomic E-state index is 0.652. The lowest BCUT2D eigenvalue weighted by Gasteiger charge is -2.34. The normalized spacial score (nSPS) is 20.6. The summed E-state index contributed by atoms with van der Waals surface area (Å²) in [6.07, 6.45) is 5.02. The number of nitrogens with one attached hydrogen (secondary N) is 1. The highest BCUT2D eigenvalue weighted by atomic mass is 15.2. The highest BCUT2D eigenvalue weighted by Gasteiger charge is 2.18. The van der Waals surface area contributed by atoms with Crippen LogP contribution in [0.4, 0.5) is 5.69 Å². The van der Waals surface area contributed by atoms with Gasteiger partial charge in [-0.05, 0) is 44.0 Å². The van der Waals surface area contributed by atoms with Gasteiger partial charge in [-0.25, -0.2) is 0 Å². The van der Waals surface area contributed by atoms with Crippen molar-refractivity contribution in [1.29, 1.82) is 0 Å². The fourth-order valence-corrected chi connectivity index (χ4v) is 2.61. The Balaban J connectivity index is 2.01. The van der Waals surface area contributed by atoms with Gasteiger partial charge in [0, 0.05) is 24.8 Å². The van der Waals surface area contributed by atoms with E-state index >= 15 is 0 Å². The lowest BCUT2D eigenvalue weighted by Crippen LogP contribution is -2.44. The van der Waals surface area contributed by atoms with Crippen LogP contribution in [0.5, 0.6) is 0 Å². The largest absolute Gasteiger partial charge is 0.370 e. The number of likely N-dealkylation sites (N-methyl/N-ethyl adjacent to an activating group) is 1. The second-order valence-corrected chi connectivity index (χ2v) is 4.99. The van der Waals surface area contributed by atoms with Crippen molar-refractivity contribution in [2.75, 3.05) is 25.0 Å². The highest BCUT2D eigenvalue weighted by molar-refractivity contribution is 5.48. The van der Waals surface area contributed by atoms with E-state index in [-0.39, 0.29) is 0 Å². The molecule has 1 N–H and O–H groups in total. The molecule has 1 unspecified atom stereocenters. The van der Waals surface area contributed by atoms with Gasteiger partial charge >= 0.3 is 0 Å². The summed E-state index contributed by atoms with van der Waals surface area (Å²) in [7, 11) is 2.07. The molecule has 1 aromatic rings. The minimum Gasteiger partial charge on any atom is -0.370 e. The molecule has 17 heavy (non-hydrogen) atoms. The van der Waals surface area contributed by atoms with E-state index in [1.807, 2.05) is 0 Å². The average Bonchev–Trinajstić information content (AvgIpc) is 2.40. The molecule has 1 aliphatic rings. The Kier molecular flexibility index (Phi) is 4.43. The zero-order chi connectivity index (χ0) is 12.1. The molecule has 1 heterocycles. The Bertz CT molecular complexity index is 331. The van der Waals surface area contributed by atoms with Crippen LogP contribution in [0, 0.1) is 0 Å². The summed E-state index contributed by atoms with van der Waals surface area (Å²) < 4.78 is 0. The smallest absolute Gasteiger partial charge is 0.0366 e. The lowest BCUT2D eigenvalue weighted by atomic mass is 10.0. The van der Waals surface area contributed by atoms with Gasteiger partial charge in [-0.15, -0.1) is 0 Å². The van der Waals surface area contributed by atoms with Gasteiger partial charge in [0.25, 0.3) is 0 Å². The molecule has 2 nitrogen and oxygen atoms in total. The van der Waals surface area contributed by atoms with Crippen LogP contribution in [0.15, 0.2) is 24.3 Å². The summed E-state index contributed by atoms with van der Waals surface area (Å²) in [6, 6.07) is 9.77. The zero-order valence-corrected chi connectivity index (χ0v) is 11.1. The number of piperidine rings is 1. The molecule has 2 rings (SSSR count). The van der Waals surface area contributed by atoms with E-state index in [0.29, 0.717) is 6.04 Å². The van der Waals surface area contributed by atoms with Crippen LogP contribution < -0.4 is 10.2 Å². The van der Waals surface area contributed by atoms with E-state index in [9.17, 15) is 0 Å². The standard InChI is InChI=1S/C15H24N2/c1-3-5-13-7-9-15(10-8-13)17-11-4-6-14(12-17)16-2/h7-10,14,16H,3-6,11-12H2,1-2H3. The number of rotatable bonds is 4. The summed E-state index contributed by atoms with van der Waals surface area (Å²) in [6.45, 7) is 4.57. The van der Waals surface area contributed by atoms with Crippen molar-refractivity contribution in [2.24, 2.45) is 0 Å². The topological polar surface area (TPSA) is 15.3 Å². The molecular weight excluding hydrogens is 208 g/mol. The molecule has 1 atom stereocenters. The number of benzene rings is 1. The van der Waals surface area contributed by atoms with Gasteiger partial charge in [-0.1, -0.05) is 25.5 Å². The first kappa shape index (κ1) is 12.4. The van der Waals surface area contributed by atoms with Crippen molar-refractivity contribution in [3.8, 4) is 0 Å². The van der Waals surface area contributed by atoms with Crippen LogP contribution >= 0.6 is 0 Å². The van der Waals surface area contributed by atoms with E-state index in [1.54, 1.807) is 0 Å². The van der Waals surface area contributed by atoms with Gasteiger partial charge in [-0.2, -0.15) is 0 Å². The molecule has 1 aromatic carbocycles. The molecule has 0 aromatic heterocycles. The summed E-state index contributed by atoms with van der Waals surface area (Å²) in [5.41, 5.74) is 2.84. The number of hydrogen-bond acceptors (Lipinski definition) is 2. The second kappa shape index (κ2) is 6.06. The number of hydrogen-bond donors (Lipinski definition) is 1. The van der Waals surface area contributed by atoms with E-state index in [0.717, 1.165) is 6.54 Å². The van der Waals surface area contributed by atoms with E-state index in [4.69, 9.17) is 0 Å². The van der Waals surface area contributed by atoms with E-state index in [2.05, 4.69) is 48.5 Å². The first-order valence-corrected chi connectivity index (χ1v) is 6.84. The molecule has 0 aliphatic carbocycles. The van der Waals surface area contributed by atoms with Crippen LogP contribution in [-0.2, 0) is 6.42 Å². The van der Waals surface area contributed by atoms with Crippen LogP contribution in [0.1, 0.15) is 31.7 Å². The molecule has 0 amide bonds. The Hall–Kier alpha value is -1.02. The monoisotopic (exact) mass is 232 g/mol. The van der Waals surface area contributed by atoms with Gasteiger partial charge in [-0.3, -0.25) is 0 Å². The fourth-order valence-electron chi connectivity index (χ4n) is 2.61. The summed E-state index contributed by atoms with van der Waals surface area (Å²) >= 11 is 0. The van der Waals surface area contributed by atoms with Gasteiger partial charge in [0.1, 0.15) is 0 Å². The SMILES string of the molecule is CCCc1ccc(N2CCCC(NC)C2)cc1. The third-order valence-electron chi connectivity index (χ3n) is 3.67. The third kappa shape index (κ3) is 3.22. The van der Waals surface area contributed by atoms with Crippen molar-refractivity contribution >= 4 is 5.69 Å².